The summed E-state index contributed by atoms with van der Waals surface area (Å²) in [4.78, 5) is 22.2. The molecule has 3 aromatic rings. The van der Waals surface area contributed by atoms with Crippen LogP contribution < -0.4 is 15.4 Å². The van der Waals surface area contributed by atoms with E-state index in [1.54, 1.807) is 19.1 Å². The number of hydrogen-bond acceptors (Lipinski definition) is 5. The molecule has 1 amide bonds. The summed E-state index contributed by atoms with van der Waals surface area (Å²) >= 11 is 0. The average Bonchev–Trinajstić information content (AvgIpc) is 2.79. The third kappa shape index (κ3) is 3.02. The fourth-order valence-corrected chi connectivity index (χ4v) is 3.17. The summed E-state index contributed by atoms with van der Waals surface area (Å²) < 4.78 is 34.5. The van der Waals surface area contributed by atoms with Gasteiger partial charge in [-0.1, -0.05) is 18.2 Å². The Bertz CT molecular complexity index is 1070. The molecule has 2 heterocycles. The van der Waals surface area contributed by atoms with Gasteiger partial charge in [0.05, 0.1) is 6.54 Å². The molecule has 0 bridgehead atoms. The largest absolute Gasteiger partial charge is 0.472 e. The third-order valence-corrected chi connectivity index (χ3v) is 4.48. The minimum atomic E-state index is -0.647. The van der Waals surface area contributed by atoms with Gasteiger partial charge in [-0.3, -0.25) is 4.79 Å². The molecule has 0 radical (unpaired) electrons. The zero-order valence-electron chi connectivity index (χ0n) is 14.9. The predicted octanol–water partition coefficient (Wildman–Crippen LogP) is 3.43. The highest BCUT2D eigenvalue weighted by atomic mass is 19.1. The Hall–Kier alpha value is -3.55. The van der Waals surface area contributed by atoms with E-state index in [2.05, 4.69) is 9.97 Å². The number of amides is 1. The van der Waals surface area contributed by atoms with Gasteiger partial charge in [0.1, 0.15) is 35.4 Å². The number of fused-ring (bicyclic) bond motifs is 1. The van der Waals surface area contributed by atoms with Gasteiger partial charge in [0.2, 0.25) is 5.88 Å². The second-order valence-electron chi connectivity index (χ2n) is 6.43. The average molecular weight is 382 g/mol. The number of benzene rings is 2. The molecule has 1 atom stereocenters. The SMILES string of the molecule is C[C@@H]1CN(c2ccc(-c3ccccc3F)c(F)c2)C(=O)c2c(N)ncnc2O1. The highest BCUT2D eigenvalue weighted by Crippen LogP contribution is 2.32. The molecule has 4 rings (SSSR count). The van der Waals surface area contributed by atoms with Crippen molar-refractivity contribution in [1.82, 2.24) is 9.97 Å². The summed E-state index contributed by atoms with van der Waals surface area (Å²) in [6.45, 7) is 1.92. The molecule has 1 aromatic heterocycles. The zero-order valence-corrected chi connectivity index (χ0v) is 14.9. The molecule has 0 spiro atoms. The summed E-state index contributed by atoms with van der Waals surface area (Å²) in [5.74, 6) is -1.59. The summed E-state index contributed by atoms with van der Waals surface area (Å²) in [5.41, 5.74) is 6.43. The Labute approximate surface area is 159 Å². The minimum absolute atomic E-state index is 0.0162. The maximum absolute atomic E-state index is 14.8. The first-order chi connectivity index (χ1) is 13.5. The van der Waals surface area contributed by atoms with E-state index in [0.717, 1.165) is 0 Å². The lowest BCUT2D eigenvalue weighted by Gasteiger charge is -2.23. The van der Waals surface area contributed by atoms with Crippen molar-refractivity contribution in [2.24, 2.45) is 0 Å². The van der Waals surface area contributed by atoms with Crippen LogP contribution in [-0.2, 0) is 0 Å². The number of aromatic nitrogens is 2. The summed E-state index contributed by atoms with van der Waals surface area (Å²) in [7, 11) is 0. The fourth-order valence-electron chi connectivity index (χ4n) is 3.17. The number of nitrogen functional groups attached to an aromatic ring is 1. The van der Waals surface area contributed by atoms with Crippen LogP contribution in [0.5, 0.6) is 5.88 Å². The molecule has 142 valence electrons. The summed E-state index contributed by atoms with van der Waals surface area (Å²) in [6.07, 6.45) is 0.806. The molecule has 0 unspecified atom stereocenters. The smallest absolute Gasteiger partial charge is 0.267 e. The minimum Gasteiger partial charge on any atom is -0.472 e. The normalized spacial score (nSPS) is 16.3. The first kappa shape index (κ1) is 17.8. The lowest BCUT2D eigenvalue weighted by Crippen LogP contribution is -2.36. The fraction of sp³-hybridized carbons (Fsp3) is 0.150. The molecule has 0 aliphatic carbocycles. The number of hydrogen-bond donors (Lipinski definition) is 1. The van der Waals surface area contributed by atoms with Crippen LogP contribution in [0.25, 0.3) is 11.1 Å². The molecule has 0 fully saturated rings. The Kier molecular flexibility index (Phi) is 4.38. The molecule has 2 N–H and O–H groups in total. The molecule has 6 nitrogen and oxygen atoms in total. The van der Waals surface area contributed by atoms with E-state index in [-0.39, 0.29) is 34.9 Å². The van der Waals surface area contributed by atoms with Crippen LogP contribution in [0.15, 0.2) is 48.8 Å². The van der Waals surface area contributed by atoms with Gasteiger partial charge in [-0.05, 0) is 31.2 Å². The van der Waals surface area contributed by atoms with Gasteiger partial charge >= 0.3 is 0 Å². The van der Waals surface area contributed by atoms with E-state index in [0.29, 0.717) is 5.69 Å². The van der Waals surface area contributed by atoms with Crippen molar-refractivity contribution in [3.05, 3.63) is 66.0 Å². The van der Waals surface area contributed by atoms with E-state index in [1.165, 1.54) is 41.6 Å². The summed E-state index contributed by atoms with van der Waals surface area (Å²) in [5, 5.41) is 0. The van der Waals surface area contributed by atoms with Crippen molar-refractivity contribution in [1.29, 1.82) is 0 Å². The second-order valence-corrected chi connectivity index (χ2v) is 6.43. The van der Waals surface area contributed by atoms with Gasteiger partial charge in [0.25, 0.3) is 5.91 Å². The number of carbonyl (C=O) groups excluding carboxylic acids is 1. The van der Waals surface area contributed by atoms with Crippen LogP contribution in [0.1, 0.15) is 17.3 Å². The van der Waals surface area contributed by atoms with Crippen molar-refractivity contribution in [3.8, 4) is 17.0 Å². The van der Waals surface area contributed by atoms with Gasteiger partial charge in [-0.2, -0.15) is 0 Å². The number of rotatable bonds is 2. The first-order valence-corrected chi connectivity index (χ1v) is 8.59. The van der Waals surface area contributed by atoms with Gasteiger partial charge in [-0.25, -0.2) is 18.7 Å². The monoisotopic (exact) mass is 382 g/mol. The number of anilines is 2. The maximum Gasteiger partial charge on any atom is 0.267 e. The molecule has 0 saturated heterocycles. The van der Waals surface area contributed by atoms with Crippen molar-refractivity contribution < 1.29 is 18.3 Å². The molecule has 1 aliphatic heterocycles. The van der Waals surface area contributed by atoms with Crippen LogP contribution in [0, 0.1) is 11.6 Å². The topological polar surface area (TPSA) is 81.3 Å². The van der Waals surface area contributed by atoms with Gasteiger partial charge in [-0.15, -0.1) is 0 Å². The quantitative estimate of drug-likeness (QED) is 0.734. The maximum atomic E-state index is 14.8. The molecule has 8 heteroatoms. The molecular weight excluding hydrogens is 366 g/mol. The first-order valence-electron chi connectivity index (χ1n) is 8.59. The van der Waals surface area contributed by atoms with E-state index in [4.69, 9.17) is 10.5 Å². The van der Waals surface area contributed by atoms with Gasteiger partial charge in [0.15, 0.2) is 0 Å². The van der Waals surface area contributed by atoms with Crippen LogP contribution in [0.2, 0.25) is 0 Å². The van der Waals surface area contributed by atoms with E-state index in [1.807, 2.05) is 0 Å². The van der Waals surface area contributed by atoms with Gasteiger partial charge in [0, 0.05) is 16.8 Å². The van der Waals surface area contributed by atoms with Crippen molar-refractivity contribution in [3.63, 3.8) is 0 Å². The Morgan fingerprint density at radius 2 is 1.86 bits per heavy atom. The second kappa shape index (κ2) is 6.88. The lowest BCUT2D eigenvalue weighted by molar-refractivity contribution is 0.0988. The molecule has 1 aliphatic rings. The number of nitrogens with two attached hydrogens (primary N) is 1. The van der Waals surface area contributed by atoms with Crippen molar-refractivity contribution in [2.75, 3.05) is 17.2 Å². The number of nitrogens with zero attached hydrogens (tertiary/aromatic N) is 3. The standard InChI is InChI=1S/C20H16F2N4O2/c1-11-9-26(20(27)17-18(23)24-10-25-19(17)28-11)12-6-7-14(16(22)8-12)13-4-2-3-5-15(13)21/h2-8,10-11H,9H2,1H3,(H2,23,24,25)/t11-/m1/s1. The van der Waals surface area contributed by atoms with Crippen molar-refractivity contribution in [2.45, 2.75) is 13.0 Å². The van der Waals surface area contributed by atoms with Crippen molar-refractivity contribution >= 4 is 17.4 Å². The molecule has 0 saturated carbocycles. The van der Waals surface area contributed by atoms with Crippen LogP contribution in [-0.4, -0.2) is 28.5 Å². The molecule has 28 heavy (non-hydrogen) atoms. The van der Waals surface area contributed by atoms with E-state index < -0.39 is 23.6 Å². The number of carbonyl (C=O) groups is 1. The van der Waals surface area contributed by atoms with Crippen LogP contribution in [0.4, 0.5) is 20.3 Å². The Morgan fingerprint density at radius 1 is 1.11 bits per heavy atom. The Balaban J connectivity index is 1.77. The van der Waals surface area contributed by atoms with Gasteiger partial charge < -0.3 is 15.4 Å². The highest BCUT2D eigenvalue weighted by molar-refractivity contribution is 6.10. The third-order valence-electron chi connectivity index (χ3n) is 4.48. The van der Waals surface area contributed by atoms with E-state index >= 15 is 0 Å². The van der Waals surface area contributed by atoms with Crippen LogP contribution in [0.3, 0.4) is 0 Å². The molecule has 2 aromatic carbocycles. The zero-order chi connectivity index (χ0) is 19.8. The van der Waals surface area contributed by atoms with E-state index in [9.17, 15) is 13.6 Å². The summed E-state index contributed by atoms with van der Waals surface area (Å²) in [6, 6.07) is 10.1. The highest BCUT2D eigenvalue weighted by Gasteiger charge is 2.31. The van der Waals surface area contributed by atoms with Crippen LogP contribution >= 0.6 is 0 Å². The predicted molar refractivity (Wildman–Crippen MR) is 100 cm³/mol. The number of halogens is 2. The Morgan fingerprint density at radius 3 is 2.61 bits per heavy atom. The lowest BCUT2D eigenvalue weighted by atomic mass is 10.0. The number of ether oxygens (including phenoxy) is 1. The molecular formula is C20H16F2N4O2.